The van der Waals surface area contributed by atoms with Crippen LogP contribution in [0.25, 0.3) is 0 Å². The van der Waals surface area contributed by atoms with Crippen molar-refractivity contribution in [3.8, 4) is 0 Å². The number of halogens is 19. The average Bonchev–Trinajstić information content (AvgIpc) is 2.88. The molecule has 0 aromatic heterocycles. The van der Waals surface area contributed by atoms with Crippen LogP contribution in [0.4, 0.5) is 94.8 Å². The number of benzene rings is 1. The molecule has 0 aliphatic rings. The van der Waals surface area contributed by atoms with Gasteiger partial charge in [0.15, 0.2) is 6.61 Å². The van der Waals surface area contributed by atoms with E-state index in [1.54, 1.807) is 6.92 Å². The topological polar surface area (TPSA) is 55.6 Å². The maximum Gasteiger partial charge on any atom is 0.460 e. The number of nitrogen functional groups attached to an aromatic ring is 1. The summed E-state index contributed by atoms with van der Waals surface area (Å²) in [6, 6.07) is 4.25. The Morgan fingerprint density at radius 2 is 1.09 bits per heavy atom. The summed E-state index contributed by atoms with van der Waals surface area (Å²) >= 11 is 0. The van der Waals surface area contributed by atoms with Crippen LogP contribution in [-0.4, -0.2) is 79.2 Å². The van der Waals surface area contributed by atoms with Crippen molar-refractivity contribution in [3.63, 3.8) is 0 Å². The highest BCUT2D eigenvalue weighted by molar-refractivity contribution is 5.70. The van der Waals surface area contributed by atoms with E-state index in [1.165, 1.54) is 30.0 Å². The lowest BCUT2D eigenvalue weighted by Crippen LogP contribution is -2.76. The summed E-state index contributed by atoms with van der Waals surface area (Å²) in [5.74, 6) is -69.6. The van der Waals surface area contributed by atoms with Gasteiger partial charge in [0.25, 0.3) is 0 Å². The van der Waals surface area contributed by atoms with Gasteiger partial charge in [0.2, 0.25) is 0 Å². The van der Waals surface area contributed by atoms with Crippen LogP contribution >= 0.6 is 0 Å². The zero-order chi connectivity index (χ0) is 36.0. The maximum atomic E-state index is 14.0. The normalized spacial score (nSPS) is 14.9. The van der Waals surface area contributed by atoms with Gasteiger partial charge in [-0.3, -0.25) is 4.79 Å². The predicted molar refractivity (Wildman–Crippen MR) is 115 cm³/mol. The van der Waals surface area contributed by atoms with Crippen molar-refractivity contribution >= 4 is 17.3 Å². The van der Waals surface area contributed by atoms with E-state index in [0.29, 0.717) is 16.9 Å². The molecule has 1 rings (SSSR count). The van der Waals surface area contributed by atoms with Gasteiger partial charge in [-0.25, -0.2) is 0 Å². The molecule has 0 saturated heterocycles. The molecule has 0 unspecified atom stereocenters. The van der Waals surface area contributed by atoms with Gasteiger partial charge in [-0.1, -0.05) is 0 Å². The van der Waals surface area contributed by atoms with Crippen LogP contribution in [0.2, 0.25) is 0 Å². The van der Waals surface area contributed by atoms with Gasteiger partial charge < -0.3 is 15.4 Å². The molecule has 0 radical (unpaired) electrons. The number of nitrogens with zero attached hydrogens (tertiary/aromatic N) is 1. The number of hydrogen-bond acceptors (Lipinski definition) is 4. The van der Waals surface area contributed by atoms with E-state index < -0.39 is 79.1 Å². The van der Waals surface area contributed by atoms with Gasteiger partial charge in [-0.15, -0.1) is 0 Å². The quantitative estimate of drug-likeness (QED) is 0.121. The van der Waals surface area contributed by atoms with Crippen LogP contribution in [0.15, 0.2) is 18.2 Å². The van der Waals surface area contributed by atoms with Crippen molar-refractivity contribution in [2.75, 3.05) is 30.3 Å². The second-order valence-corrected chi connectivity index (χ2v) is 9.25. The number of anilines is 2. The molecule has 1 aromatic rings. The Hall–Kier alpha value is -3.04. The van der Waals surface area contributed by atoms with E-state index in [0.717, 1.165) is 0 Å². The Labute approximate surface area is 239 Å². The van der Waals surface area contributed by atoms with E-state index in [-0.39, 0.29) is 6.54 Å². The zero-order valence-electron chi connectivity index (χ0n) is 22.1. The first kappa shape index (κ1) is 40.0. The molecule has 0 amide bonds. The van der Waals surface area contributed by atoms with Gasteiger partial charge in [0, 0.05) is 24.5 Å². The number of carbonyl (C=O) groups excluding carboxylic acids is 1. The second-order valence-electron chi connectivity index (χ2n) is 9.25. The lowest BCUT2D eigenvalue weighted by Gasteiger charge is -2.43. The summed E-state index contributed by atoms with van der Waals surface area (Å²) in [6.07, 6.45) is -8.98. The molecule has 0 fully saturated rings. The van der Waals surface area contributed by atoms with E-state index in [9.17, 15) is 88.2 Å². The molecule has 45 heavy (non-hydrogen) atoms. The van der Waals surface area contributed by atoms with Gasteiger partial charge in [-0.05, 0) is 37.6 Å². The minimum Gasteiger partial charge on any atom is -0.459 e. The van der Waals surface area contributed by atoms with Crippen LogP contribution in [0.3, 0.4) is 0 Å². The standard InChI is InChI=1S/C22H19F19N2O2/c1-3-43(11-4-5-12(42)10(2)8-11)7-6-13(44)45-9-14(23,24)15(25,26)16(27,28)17(29,30)18(31,32)19(33,34)20(35,36)21(37,38)22(39,40)41/h4-5,8H,3,6-7,9,42H2,1-2H3. The van der Waals surface area contributed by atoms with Crippen molar-refractivity contribution in [3.05, 3.63) is 23.8 Å². The van der Waals surface area contributed by atoms with Crippen LogP contribution in [0.5, 0.6) is 0 Å². The first-order valence-corrected chi connectivity index (χ1v) is 11.6. The number of alkyl halides is 19. The maximum absolute atomic E-state index is 14.0. The molecule has 23 heteroatoms. The fraction of sp³-hybridized carbons (Fsp3) is 0.682. The molecule has 0 atom stereocenters. The number of ether oxygens (including phenoxy) is 1. The number of esters is 1. The molecule has 0 saturated carbocycles. The van der Waals surface area contributed by atoms with Gasteiger partial charge in [0.05, 0.1) is 6.42 Å². The molecule has 0 bridgehead atoms. The molecule has 0 aliphatic heterocycles. The van der Waals surface area contributed by atoms with E-state index in [2.05, 4.69) is 4.74 Å². The third kappa shape index (κ3) is 6.35. The van der Waals surface area contributed by atoms with Crippen LogP contribution in [0.1, 0.15) is 18.9 Å². The summed E-state index contributed by atoms with van der Waals surface area (Å²) in [7, 11) is 0. The SMILES string of the molecule is CCN(CCC(=O)OCC(F)(F)C(F)(F)C(F)(F)C(F)(F)C(F)(F)C(F)(F)C(F)(F)C(F)(F)C(F)(F)F)c1ccc(N)c(C)c1. The lowest BCUT2D eigenvalue weighted by atomic mass is 9.87. The summed E-state index contributed by atoms with van der Waals surface area (Å²) in [5, 5.41) is 0. The molecule has 4 nitrogen and oxygen atoms in total. The van der Waals surface area contributed by atoms with Crippen molar-refractivity contribution in [2.24, 2.45) is 0 Å². The van der Waals surface area contributed by atoms with E-state index in [4.69, 9.17) is 5.73 Å². The first-order chi connectivity index (χ1) is 19.7. The average molecular weight is 704 g/mol. The minimum atomic E-state index is -9.01. The largest absolute Gasteiger partial charge is 0.460 e. The molecule has 262 valence electrons. The Balaban J connectivity index is 3.28. The summed E-state index contributed by atoms with van der Waals surface area (Å²) < 4.78 is 258. The van der Waals surface area contributed by atoms with Crippen LogP contribution < -0.4 is 10.6 Å². The number of nitrogens with two attached hydrogens (primary N) is 1. The van der Waals surface area contributed by atoms with Gasteiger partial charge in [0.1, 0.15) is 0 Å². The van der Waals surface area contributed by atoms with Crippen molar-refractivity contribution in [1.82, 2.24) is 0 Å². The highest BCUT2D eigenvalue weighted by Gasteiger charge is 2.96. The number of aryl methyl sites for hydroxylation is 1. The van der Waals surface area contributed by atoms with Crippen LogP contribution in [0, 0.1) is 6.92 Å². The molecule has 1 aromatic carbocycles. The first-order valence-electron chi connectivity index (χ1n) is 11.6. The third-order valence-electron chi connectivity index (χ3n) is 6.18. The third-order valence-corrected chi connectivity index (χ3v) is 6.18. The van der Waals surface area contributed by atoms with Crippen LogP contribution in [-0.2, 0) is 9.53 Å². The van der Waals surface area contributed by atoms with Crippen molar-refractivity contribution in [1.29, 1.82) is 0 Å². The van der Waals surface area contributed by atoms with Crippen molar-refractivity contribution < 1.29 is 92.9 Å². The minimum absolute atomic E-state index is 0.0684. The van der Waals surface area contributed by atoms with Gasteiger partial charge in [-0.2, -0.15) is 83.4 Å². The number of rotatable bonds is 14. The number of hydrogen-bond donors (Lipinski definition) is 1. The highest BCUT2D eigenvalue weighted by atomic mass is 19.4. The monoisotopic (exact) mass is 704 g/mol. The van der Waals surface area contributed by atoms with Gasteiger partial charge >= 0.3 is 59.5 Å². The zero-order valence-corrected chi connectivity index (χ0v) is 22.1. The number of carbonyl (C=O) groups is 1. The summed E-state index contributed by atoms with van der Waals surface area (Å²) in [6.45, 7) is -0.746. The van der Waals surface area contributed by atoms with E-state index in [1.807, 2.05) is 0 Å². The Morgan fingerprint density at radius 3 is 1.47 bits per heavy atom. The molecule has 0 aliphatic carbocycles. The molecular weight excluding hydrogens is 685 g/mol. The lowest BCUT2D eigenvalue weighted by molar-refractivity contribution is -0.469. The molecule has 0 heterocycles. The Kier molecular flexibility index (Phi) is 10.6. The predicted octanol–water partition coefficient (Wildman–Crippen LogP) is 7.98. The van der Waals surface area contributed by atoms with E-state index >= 15 is 0 Å². The fourth-order valence-corrected chi connectivity index (χ4v) is 3.28. The molecule has 2 N–H and O–H groups in total. The Bertz CT molecular complexity index is 1210. The smallest absolute Gasteiger partial charge is 0.459 e. The second kappa shape index (κ2) is 12.0. The molecular formula is C22H19F19N2O2. The van der Waals surface area contributed by atoms with Crippen molar-refractivity contribution in [2.45, 2.75) is 73.8 Å². The summed E-state index contributed by atoms with van der Waals surface area (Å²) in [5.41, 5.74) is 6.78. The summed E-state index contributed by atoms with van der Waals surface area (Å²) in [4.78, 5) is 13.1. The Morgan fingerprint density at radius 1 is 0.689 bits per heavy atom. The molecule has 0 spiro atoms. The fourth-order valence-electron chi connectivity index (χ4n) is 3.28. The highest BCUT2D eigenvalue weighted by Crippen LogP contribution is 2.65.